The lowest BCUT2D eigenvalue weighted by molar-refractivity contribution is 0.0948. The molecule has 1 aromatic heterocycles. The van der Waals surface area contributed by atoms with Crippen molar-refractivity contribution in [2.45, 2.75) is 26.3 Å². The van der Waals surface area contributed by atoms with Crippen LogP contribution in [0, 0.1) is 12.8 Å². The van der Waals surface area contributed by atoms with Crippen LogP contribution in [0.3, 0.4) is 0 Å². The van der Waals surface area contributed by atoms with Crippen LogP contribution in [0.15, 0.2) is 17.1 Å². The Morgan fingerprint density at radius 1 is 1.60 bits per heavy atom. The Labute approximate surface area is 87.7 Å². The minimum absolute atomic E-state index is 0.194. The number of aromatic nitrogens is 1. The minimum Gasteiger partial charge on any atom is -0.364 e. The van der Waals surface area contributed by atoms with Gasteiger partial charge in [-0.3, -0.25) is 9.59 Å². The molecule has 1 aliphatic rings. The van der Waals surface area contributed by atoms with Crippen molar-refractivity contribution in [3.05, 3.63) is 33.7 Å². The molecule has 4 nitrogen and oxygen atoms in total. The lowest BCUT2D eigenvalue weighted by Crippen LogP contribution is -2.31. The van der Waals surface area contributed by atoms with E-state index in [4.69, 9.17) is 0 Å². The van der Waals surface area contributed by atoms with Crippen molar-refractivity contribution in [3.63, 3.8) is 0 Å². The van der Waals surface area contributed by atoms with Gasteiger partial charge >= 0.3 is 0 Å². The molecule has 0 spiro atoms. The molecule has 15 heavy (non-hydrogen) atoms. The molecule has 1 saturated carbocycles. The molecule has 1 heterocycles. The molecule has 2 atom stereocenters. The van der Waals surface area contributed by atoms with E-state index < -0.39 is 0 Å². The highest BCUT2D eigenvalue weighted by Crippen LogP contribution is 2.28. The Balaban J connectivity index is 2.15. The Morgan fingerprint density at radius 3 is 2.80 bits per heavy atom. The highest BCUT2D eigenvalue weighted by molar-refractivity contribution is 5.94. The molecule has 0 radical (unpaired) electrons. The first-order valence-electron chi connectivity index (χ1n) is 5.08. The van der Waals surface area contributed by atoms with Crippen LogP contribution in [-0.2, 0) is 0 Å². The van der Waals surface area contributed by atoms with Crippen LogP contribution in [-0.4, -0.2) is 16.9 Å². The summed E-state index contributed by atoms with van der Waals surface area (Å²) in [5.74, 6) is 0.268. The molecule has 0 aromatic carbocycles. The number of pyridine rings is 1. The minimum atomic E-state index is -0.273. The molecular formula is C11H14N2O2. The fourth-order valence-electron chi connectivity index (χ4n) is 1.52. The topological polar surface area (TPSA) is 62.0 Å². The molecule has 1 amide bonds. The van der Waals surface area contributed by atoms with Crippen molar-refractivity contribution in [3.8, 4) is 0 Å². The van der Waals surface area contributed by atoms with Crippen LogP contribution in [0.4, 0.5) is 0 Å². The predicted octanol–water partition coefficient (Wildman–Crippen LogP) is 0.822. The quantitative estimate of drug-likeness (QED) is 0.752. The molecule has 0 saturated heterocycles. The third kappa shape index (κ3) is 2.09. The standard InChI is InChI=1S/C11H14N2O2/c1-6-3-9(6)13-11(15)8-5-12-7(2)4-10(8)14/h4-6,9H,3H2,1-2H3,(H,12,14)(H,13,15). The average molecular weight is 206 g/mol. The molecule has 1 aliphatic carbocycles. The maximum Gasteiger partial charge on any atom is 0.256 e. The zero-order valence-corrected chi connectivity index (χ0v) is 8.83. The molecule has 1 fully saturated rings. The number of carbonyl (C=O) groups is 1. The number of amides is 1. The van der Waals surface area contributed by atoms with E-state index in [0.29, 0.717) is 5.92 Å². The molecule has 2 rings (SSSR count). The smallest absolute Gasteiger partial charge is 0.256 e. The van der Waals surface area contributed by atoms with Crippen molar-refractivity contribution in [1.29, 1.82) is 0 Å². The number of aryl methyl sites for hydroxylation is 1. The van der Waals surface area contributed by atoms with E-state index in [9.17, 15) is 9.59 Å². The van der Waals surface area contributed by atoms with Gasteiger partial charge in [0.05, 0.1) is 0 Å². The van der Waals surface area contributed by atoms with E-state index in [0.717, 1.165) is 12.1 Å². The van der Waals surface area contributed by atoms with Gasteiger partial charge in [0, 0.05) is 24.0 Å². The third-order valence-electron chi connectivity index (χ3n) is 2.73. The van der Waals surface area contributed by atoms with E-state index in [-0.39, 0.29) is 22.9 Å². The van der Waals surface area contributed by atoms with Crippen LogP contribution >= 0.6 is 0 Å². The van der Waals surface area contributed by atoms with Gasteiger partial charge in [-0.05, 0) is 19.3 Å². The SMILES string of the molecule is Cc1cc(=O)c(C(=O)NC2CC2C)c[nH]1. The second-order valence-electron chi connectivity index (χ2n) is 4.19. The average Bonchev–Trinajstić information content (AvgIpc) is 2.81. The molecule has 0 bridgehead atoms. The van der Waals surface area contributed by atoms with E-state index in [1.807, 2.05) is 0 Å². The number of carbonyl (C=O) groups excluding carboxylic acids is 1. The Hall–Kier alpha value is -1.58. The van der Waals surface area contributed by atoms with Crippen LogP contribution in [0.2, 0.25) is 0 Å². The summed E-state index contributed by atoms with van der Waals surface area (Å²) >= 11 is 0. The highest BCUT2D eigenvalue weighted by atomic mass is 16.2. The zero-order chi connectivity index (χ0) is 11.0. The van der Waals surface area contributed by atoms with Crippen molar-refractivity contribution in [1.82, 2.24) is 10.3 Å². The van der Waals surface area contributed by atoms with Crippen molar-refractivity contribution in [2.75, 3.05) is 0 Å². The summed E-state index contributed by atoms with van der Waals surface area (Å²) < 4.78 is 0. The fraction of sp³-hybridized carbons (Fsp3) is 0.455. The van der Waals surface area contributed by atoms with Gasteiger partial charge in [-0.1, -0.05) is 6.92 Å². The van der Waals surface area contributed by atoms with Gasteiger partial charge in [0.15, 0.2) is 5.43 Å². The summed E-state index contributed by atoms with van der Waals surface area (Å²) in [4.78, 5) is 26.0. The van der Waals surface area contributed by atoms with E-state index in [1.165, 1.54) is 12.3 Å². The van der Waals surface area contributed by atoms with Gasteiger partial charge in [-0.2, -0.15) is 0 Å². The summed E-state index contributed by atoms with van der Waals surface area (Å²) in [5.41, 5.74) is 0.730. The number of hydrogen-bond donors (Lipinski definition) is 2. The summed E-state index contributed by atoms with van der Waals surface area (Å²) in [6.07, 6.45) is 2.48. The van der Waals surface area contributed by atoms with Crippen LogP contribution < -0.4 is 10.7 Å². The summed E-state index contributed by atoms with van der Waals surface area (Å²) in [5, 5.41) is 2.82. The molecule has 80 valence electrons. The van der Waals surface area contributed by atoms with Gasteiger partial charge in [0.25, 0.3) is 5.91 Å². The highest BCUT2D eigenvalue weighted by Gasteiger charge is 2.34. The van der Waals surface area contributed by atoms with Crippen LogP contribution in [0.25, 0.3) is 0 Å². The summed E-state index contributed by atoms with van der Waals surface area (Å²) in [6.45, 7) is 3.86. The zero-order valence-electron chi connectivity index (χ0n) is 8.83. The van der Waals surface area contributed by atoms with Gasteiger partial charge < -0.3 is 10.3 Å². The first-order chi connectivity index (χ1) is 7.08. The normalized spacial score (nSPS) is 23.6. The van der Waals surface area contributed by atoms with E-state index >= 15 is 0 Å². The number of H-pyrrole nitrogens is 1. The first-order valence-corrected chi connectivity index (χ1v) is 5.08. The second kappa shape index (κ2) is 3.53. The van der Waals surface area contributed by atoms with Gasteiger partial charge in [-0.15, -0.1) is 0 Å². The molecular weight excluding hydrogens is 192 g/mol. The van der Waals surface area contributed by atoms with E-state index in [2.05, 4.69) is 17.2 Å². The number of hydrogen-bond acceptors (Lipinski definition) is 2. The molecule has 1 aromatic rings. The monoisotopic (exact) mass is 206 g/mol. The lowest BCUT2D eigenvalue weighted by atomic mass is 10.2. The summed E-state index contributed by atoms with van der Waals surface area (Å²) in [7, 11) is 0. The predicted molar refractivity (Wildman–Crippen MR) is 56.8 cm³/mol. The van der Waals surface area contributed by atoms with Gasteiger partial charge in [0.1, 0.15) is 5.56 Å². The maximum absolute atomic E-state index is 11.6. The third-order valence-corrected chi connectivity index (χ3v) is 2.73. The van der Waals surface area contributed by atoms with Crippen LogP contribution in [0.1, 0.15) is 29.4 Å². The molecule has 0 aliphatic heterocycles. The molecule has 2 unspecified atom stereocenters. The van der Waals surface area contributed by atoms with Crippen LogP contribution in [0.5, 0.6) is 0 Å². The Bertz CT molecular complexity index is 450. The fourth-order valence-corrected chi connectivity index (χ4v) is 1.52. The van der Waals surface area contributed by atoms with E-state index in [1.54, 1.807) is 6.92 Å². The number of aromatic amines is 1. The van der Waals surface area contributed by atoms with Gasteiger partial charge in [0.2, 0.25) is 0 Å². The summed E-state index contributed by atoms with van der Waals surface area (Å²) in [6, 6.07) is 1.68. The Morgan fingerprint density at radius 2 is 2.27 bits per heavy atom. The molecule has 2 N–H and O–H groups in total. The second-order valence-corrected chi connectivity index (χ2v) is 4.19. The van der Waals surface area contributed by atoms with Gasteiger partial charge in [-0.25, -0.2) is 0 Å². The molecule has 4 heteroatoms. The number of rotatable bonds is 2. The number of nitrogens with one attached hydrogen (secondary N) is 2. The lowest BCUT2D eigenvalue weighted by Gasteiger charge is -2.03. The largest absolute Gasteiger partial charge is 0.364 e. The first kappa shape index (κ1) is 9.96. The Kier molecular flexibility index (Phi) is 2.34. The van der Waals surface area contributed by atoms with Crippen molar-refractivity contribution >= 4 is 5.91 Å². The maximum atomic E-state index is 11.6. The van der Waals surface area contributed by atoms with Crippen molar-refractivity contribution < 1.29 is 4.79 Å². The van der Waals surface area contributed by atoms with Crippen molar-refractivity contribution in [2.24, 2.45) is 5.92 Å².